The lowest BCUT2D eigenvalue weighted by Gasteiger charge is -2.19. The van der Waals surface area contributed by atoms with Crippen LogP contribution in [0.5, 0.6) is 5.75 Å². The zero-order chi connectivity index (χ0) is 21.7. The first-order valence-corrected chi connectivity index (χ1v) is 9.22. The van der Waals surface area contributed by atoms with E-state index < -0.39 is 16.8 Å². The minimum Gasteiger partial charge on any atom is -0.493 e. The summed E-state index contributed by atoms with van der Waals surface area (Å²) in [6.07, 6.45) is 2.72. The summed E-state index contributed by atoms with van der Waals surface area (Å²) in [5, 5.41) is 18.1. The van der Waals surface area contributed by atoms with Crippen LogP contribution < -0.4 is 10.1 Å². The monoisotopic (exact) mass is 417 g/mol. The molecule has 0 radical (unpaired) electrons. The predicted octanol–water partition coefficient (Wildman–Crippen LogP) is 3.28. The van der Waals surface area contributed by atoms with Gasteiger partial charge in [-0.05, 0) is 38.1 Å². The second-order valence-corrected chi connectivity index (χ2v) is 6.32. The van der Waals surface area contributed by atoms with Crippen molar-refractivity contribution < 1.29 is 23.6 Å². The normalized spacial score (nSPS) is 11.8. The second kappa shape index (κ2) is 9.16. The van der Waals surface area contributed by atoms with E-state index in [0.29, 0.717) is 17.1 Å². The van der Waals surface area contributed by atoms with Gasteiger partial charge in [0.25, 0.3) is 0 Å². The molecule has 3 rings (SSSR count). The number of hydrogen-bond donors (Lipinski definition) is 1. The number of fused-ring (bicyclic) bond motifs is 1. The van der Waals surface area contributed by atoms with Gasteiger partial charge in [0.15, 0.2) is 0 Å². The van der Waals surface area contributed by atoms with Crippen LogP contribution >= 0.6 is 0 Å². The van der Waals surface area contributed by atoms with Gasteiger partial charge in [-0.25, -0.2) is 13.9 Å². The molecule has 2 aromatic heterocycles. The fraction of sp³-hybridized carbons (Fsp3) is 0.316. The molecule has 0 aliphatic carbocycles. The van der Waals surface area contributed by atoms with Crippen LogP contribution in [0.2, 0.25) is 0 Å². The van der Waals surface area contributed by atoms with E-state index in [1.807, 2.05) is 0 Å². The smallest absolute Gasteiger partial charge is 0.333 e. The third kappa shape index (κ3) is 4.80. The number of carbonyl (C=O) groups is 1. The van der Waals surface area contributed by atoms with E-state index in [1.165, 1.54) is 28.9 Å². The van der Waals surface area contributed by atoms with Gasteiger partial charge in [-0.15, -0.1) is 0 Å². The van der Waals surface area contributed by atoms with Crippen molar-refractivity contribution in [3.05, 3.63) is 58.2 Å². The quantitative estimate of drug-likeness (QED) is 0.320. The fourth-order valence-corrected chi connectivity index (χ4v) is 2.83. The van der Waals surface area contributed by atoms with Gasteiger partial charge in [0.2, 0.25) is 5.65 Å². The number of carbonyl (C=O) groups excluding carboxylic acids is 1. The summed E-state index contributed by atoms with van der Waals surface area (Å²) in [6, 6.07) is 5.20. The van der Waals surface area contributed by atoms with Crippen molar-refractivity contribution in [2.24, 2.45) is 0 Å². The molecule has 3 aromatic rings. The van der Waals surface area contributed by atoms with Crippen molar-refractivity contribution in [3.8, 4) is 5.75 Å². The number of ether oxygens (including phenoxy) is 2. The van der Waals surface area contributed by atoms with Crippen molar-refractivity contribution in [1.29, 1.82) is 0 Å². The number of nitrogens with zero attached hydrogens (tertiary/aromatic N) is 4. The van der Waals surface area contributed by atoms with Gasteiger partial charge in [-0.1, -0.05) is 0 Å². The molecule has 1 aromatic carbocycles. The zero-order valence-electron chi connectivity index (χ0n) is 16.4. The number of esters is 1. The van der Waals surface area contributed by atoms with Gasteiger partial charge in [-0.3, -0.25) is 14.9 Å². The molecular weight excluding hydrogens is 397 g/mol. The fourth-order valence-electron chi connectivity index (χ4n) is 2.83. The number of nitro groups is 1. The van der Waals surface area contributed by atoms with Gasteiger partial charge < -0.3 is 14.8 Å². The molecule has 0 saturated heterocycles. The topological polar surface area (TPSA) is 121 Å². The molecule has 10 nitrogen and oxygen atoms in total. The number of nitrogens with one attached hydrogen (secondary N) is 1. The molecule has 0 saturated carbocycles. The van der Waals surface area contributed by atoms with E-state index in [-0.39, 0.29) is 36.9 Å². The Bertz CT molecular complexity index is 1070. The summed E-state index contributed by atoms with van der Waals surface area (Å²) in [4.78, 5) is 26.2. The van der Waals surface area contributed by atoms with Crippen LogP contribution in [0.3, 0.4) is 0 Å². The van der Waals surface area contributed by atoms with E-state index in [9.17, 15) is 19.3 Å². The lowest BCUT2D eigenvalue weighted by Crippen LogP contribution is -2.13. The van der Waals surface area contributed by atoms with Gasteiger partial charge in [0, 0.05) is 11.8 Å². The van der Waals surface area contributed by atoms with E-state index in [0.717, 1.165) is 6.20 Å². The number of hydrogen-bond acceptors (Lipinski definition) is 8. The van der Waals surface area contributed by atoms with Gasteiger partial charge in [-0.2, -0.15) is 5.10 Å². The maximum atomic E-state index is 13.8. The third-order valence-corrected chi connectivity index (χ3v) is 4.22. The highest BCUT2D eigenvalue weighted by atomic mass is 19.1. The Morgan fingerprint density at radius 1 is 1.40 bits per heavy atom. The molecule has 0 aliphatic heterocycles. The molecule has 0 bridgehead atoms. The van der Waals surface area contributed by atoms with Crippen LogP contribution in [0.1, 0.15) is 31.9 Å². The van der Waals surface area contributed by atoms with Gasteiger partial charge >= 0.3 is 11.7 Å². The number of aromatic nitrogens is 3. The van der Waals surface area contributed by atoms with E-state index in [2.05, 4.69) is 15.4 Å². The van der Waals surface area contributed by atoms with Crippen molar-refractivity contribution >= 4 is 23.1 Å². The third-order valence-electron chi connectivity index (χ3n) is 4.22. The predicted molar refractivity (Wildman–Crippen MR) is 105 cm³/mol. The molecule has 1 atom stereocenters. The SMILES string of the molecule is CCOC(=O)CCOc1ccc(F)cc1[C@@H](C)Nc1ccn2ncc([N+](=O)[O-])c2n1. The largest absolute Gasteiger partial charge is 0.493 e. The summed E-state index contributed by atoms with van der Waals surface area (Å²) in [7, 11) is 0. The summed E-state index contributed by atoms with van der Waals surface area (Å²) in [5.41, 5.74) is 0.367. The molecule has 0 spiro atoms. The Balaban J connectivity index is 1.77. The van der Waals surface area contributed by atoms with Crippen LogP contribution in [0, 0.1) is 15.9 Å². The first-order valence-electron chi connectivity index (χ1n) is 9.22. The lowest BCUT2D eigenvalue weighted by molar-refractivity contribution is -0.383. The molecule has 0 amide bonds. The Hall–Kier alpha value is -3.76. The van der Waals surface area contributed by atoms with Crippen molar-refractivity contribution in [1.82, 2.24) is 14.6 Å². The Labute approximate surface area is 170 Å². The highest BCUT2D eigenvalue weighted by Crippen LogP contribution is 2.29. The molecule has 1 N–H and O–H groups in total. The Kier molecular flexibility index (Phi) is 6.40. The molecule has 0 unspecified atom stereocenters. The highest BCUT2D eigenvalue weighted by Gasteiger charge is 2.18. The Morgan fingerprint density at radius 3 is 2.93 bits per heavy atom. The van der Waals surface area contributed by atoms with E-state index >= 15 is 0 Å². The van der Waals surface area contributed by atoms with Crippen molar-refractivity contribution in [2.45, 2.75) is 26.3 Å². The van der Waals surface area contributed by atoms with Crippen LogP contribution in [0.4, 0.5) is 15.9 Å². The molecule has 2 heterocycles. The van der Waals surface area contributed by atoms with Crippen LogP contribution in [-0.2, 0) is 9.53 Å². The first-order chi connectivity index (χ1) is 14.4. The Morgan fingerprint density at radius 2 is 2.20 bits per heavy atom. The van der Waals surface area contributed by atoms with Crippen molar-refractivity contribution in [2.75, 3.05) is 18.5 Å². The maximum Gasteiger partial charge on any atom is 0.333 e. The first kappa shape index (κ1) is 21.0. The van der Waals surface area contributed by atoms with Gasteiger partial charge in [0.05, 0.1) is 30.6 Å². The molecule has 0 fully saturated rings. The molecule has 30 heavy (non-hydrogen) atoms. The highest BCUT2D eigenvalue weighted by molar-refractivity contribution is 5.69. The summed E-state index contributed by atoms with van der Waals surface area (Å²) in [6.45, 7) is 3.85. The van der Waals surface area contributed by atoms with Crippen LogP contribution in [-0.4, -0.2) is 38.7 Å². The lowest BCUT2D eigenvalue weighted by atomic mass is 10.1. The van der Waals surface area contributed by atoms with E-state index in [1.54, 1.807) is 19.9 Å². The number of halogens is 1. The second-order valence-electron chi connectivity index (χ2n) is 6.32. The van der Waals surface area contributed by atoms with E-state index in [4.69, 9.17) is 9.47 Å². The molecule has 0 aliphatic rings. The average molecular weight is 417 g/mol. The molecule has 11 heteroatoms. The van der Waals surface area contributed by atoms with Crippen LogP contribution in [0.15, 0.2) is 36.7 Å². The minimum absolute atomic E-state index is 0.0650. The number of benzene rings is 1. The minimum atomic E-state index is -0.565. The zero-order valence-corrected chi connectivity index (χ0v) is 16.4. The standard InChI is InChI=1S/C19H20FN5O5/c1-3-29-18(26)7-9-30-16-5-4-13(20)10-14(16)12(2)22-17-6-8-24-19(23-17)15(11-21-24)25(27)28/h4-6,8,10-12H,3,7,9H2,1-2H3,(H,22,23)/t12-/m1/s1. The van der Waals surface area contributed by atoms with Gasteiger partial charge in [0.1, 0.15) is 23.6 Å². The summed E-state index contributed by atoms with van der Waals surface area (Å²) in [5.74, 6) is -0.0871. The summed E-state index contributed by atoms with van der Waals surface area (Å²) >= 11 is 0. The average Bonchev–Trinajstić information content (AvgIpc) is 3.12. The number of rotatable bonds is 9. The van der Waals surface area contributed by atoms with Crippen LogP contribution in [0.25, 0.3) is 5.65 Å². The summed E-state index contributed by atoms with van der Waals surface area (Å²) < 4.78 is 25.6. The molecular formula is C19H20FN5O5. The number of anilines is 1. The van der Waals surface area contributed by atoms with Crippen molar-refractivity contribution in [3.63, 3.8) is 0 Å². The molecule has 158 valence electrons. The maximum absolute atomic E-state index is 13.8.